The molecule has 1 heterocycles. The predicted octanol–water partition coefficient (Wildman–Crippen LogP) is 6.24. The number of hydrogen-bond acceptors (Lipinski definition) is 6. The summed E-state index contributed by atoms with van der Waals surface area (Å²) < 4.78 is 26.6. The number of carbonyl (C=O) groups excluding carboxylic acids is 3. The highest BCUT2D eigenvalue weighted by atomic mass is 35.5. The second-order valence-electron chi connectivity index (χ2n) is 8.05. The first-order valence-corrected chi connectivity index (χ1v) is 12.0. The minimum Gasteiger partial charge on any atom is -0.496 e. The number of anilines is 1. The van der Waals surface area contributed by atoms with Gasteiger partial charge in [-0.05, 0) is 44.4 Å². The quantitative estimate of drug-likeness (QED) is 0.170. The van der Waals surface area contributed by atoms with Gasteiger partial charge >= 0.3 is 16.5 Å². The molecule has 1 aliphatic heterocycles. The van der Waals surface area contributed by atoms with Crippen molar-refractivity contribution in [1.82, 2.24) is 0 Å². The third-order valence-corrected chi connectivity index (χ3v) is 6.27. The van der Waals surface area contributed by atoms with Gasteiger partial charge in [-0.3, -0.25) is 9.59 Å². The van der Waals surface area contributed by atoms with Crippen molar-refractivity contribution in [2.24, 2.45) is 0 Å². The van der Waals surface area contributed by atoms with Gasteiger partial charge < -0.3 is 19.5 Å². The van der Waals surface area contributed by atoms with Gasteiger partial charge in [0, 0.05) is 17.5 Å². The van der Waals surface area contributed by atoms with Crippen molar-refractivity contribution in [3.8, 4) is 11.5 Å². The van der Waals surface area contributed by atoms with Crippen molar-refractivity contribution in [2.75, 3.05) is 12.4 Å². The van der Waals surface area contributed by atoms with Crippen LogP contribution < -0.4 is 14.8 Å². The lowest BCUT2D eigenvalue weighted by molar-refractivity contribution is -0.134. The van der Waals surface area contributed by atoms with Gasteiger partial charge in [-0.15, -0.1) is 0 Å². The van der Waals surface area contributed by atoms with Crippen molar-refractivity contribution < 1.29 is 33.0 Å². The van der Waals surface area contributed by atoms with Crippen LogP contribution in [0.2, 0.25) is 5.02 Å². The Morgan fingerprint density at radius 2 is 1.94 bits per heavy atom. The second kappa shape index (κ2) is 11.5. The highest BCUT2D eigenvalue weighted by molar-refractivity contribution is 6.57. The number of hydrogen-bond donors (Lipinski definition) is 1. The standard InChI is InChI=1S/C25H23Cl3FNO6/c1-13(9-11-19(31)36-18-7-5-4-6-17(18)26)8-10-15-21(30-24(33)25(27,28)29)20-16(12-35-23(20)32)14(2)22(15)34-3/h4-8H,9-12H2,1-3H3,(H,30,33). The molecule has 0 fully saturated rings. The molecule has 3 rings (SSSR count). The number of esters is 2. The molecule has 192 valence electrons. The number of halogens is 4. The number of carbonyl (C=O) groups is 3. The van der Waals surface area contributed by atoms with Gasteiger partial charge in [-0.1, -0.05) is 58.6 Å². The van der Waals surface area contributed by atoms with Gasteiger partial charge in [-0.25, -0.2) is 4.79 Å². The highest BCUT2D eigenvalue weighted by Gasteiger charge is 2.38. The summed E-state index contributed by atoms with van der Waals surface area (Å²) in [6.07, 6.45) is 2.44. The van der Waals surface area contributed by atoms with Gasteiger partial charge in [0.2, 0.25) is 0 Å². The zero-order chi connectivity index (χ0) is 26.6. The lowest BCUT2D eigenvalue weighted by Gasteiger charge is -2.20. The Labute approximate surface area is 222 Å². The molecule has 0 bridgehead atoms. The van der Waals surface area contributed by atoms with E-state index in [0.717, 1.165) is 5.57 Å². The van der Waals surface area contributed by atoms with Crippen LogP contribution in [-0.2, 0) is 27.4 Å². The van der Waals surface area contributed by atoms with Crippen LogP contribution in [0.1, 0.15) is 46.8 Å². The van der Waals surface area contributed by atoms with Crippen LogP contribution in [0.15, 0.2) is 35.9 Å². The van der Waals surface area contributed by atoms with Gasteiger partial charge in [0.15, 0.2) is 0 Å². The molecule has 1 amide bonds. The molecule has 1 aliphatic rings. The Morgan fingerprint density at radius 3 is 2.58 bits per heavy atom. The molecule has 1 N–H and O–H groups in total. The number of benzene rings is 2. The van der Waals surface area contributed by atoms with E-state index in [2.05, 4.69) is 5.32 Å². The van der Waals surface area contributed by atoms with Crippen LogP contribution in [0.5, 0.6) is 11.5 Å². The summed E-state index contributed by atoms with van der Waals surface area (Å²) in [4.78, 5) is 36.9. The normalized spacial score (nSPS) is 13.2. The molecule has 7 nitrogen and oxygen atoms in total. The molecule has 36 heavy (non-hydrogen) atoms. The molecule has 0 aliphatic carbocycles. The third kappa shape index (κ3) is 6.30. The number of amides is 1. The van der Waals surface area contributed by atoms with Crippen molar-refractivity contribution in [1.29, 1.82) is 0 Å². The SMILES string of the molecule is COc1c(C)c2c(c(NC(=O)C(F)(Cl)Cl)c1CC=C(C)CCC(=O)Oc1ccccc1Cl)C(=O)OC2. The maximum atomic E-state index is 13.9. The molecule has 0 aromatic heterocycles. The Balaban J connectivity index is 1.85. The van der Waals surface area contributed by atoms with E-state index in [0.29, 0.717) is 33.9 Å². The van der Waals surface area contributed by atoms with E-state index >= 15 is 0 Å². The number of allylic oxidation sites excluding steroid dienone is 2. The van der Waals surface area contributed by atoms with Crippen LogP contribution in [-0.4, -0.2) is 29.5 Å². The highest BCUT2D eigenvalue weighted by Crippen LogP contribution is 2.42. The van der Waals surface area contributed by atoms with Crippen LogP contribution >= 0.6 is 34.8 Å². The maximum Gasteiger partial charge on any atom is 0.341 e. The molecule has 0 saturated heterocycles. The molecule has 2 aromatic carbocycles. The topological polar surface area (TPSA) is 90.9 Å². The zero-order valence-electron chi connectivity index (χ0n) is 19.7. The zero-order valence-corrected chi connectivity index (χ0v) is 21.9. The largest absolute Gasteiger partial charge is 0.496 e. The van der Waals surface area contributed by atoms with Crippen molar-refractivity contribution in [3.05, 3.63) is 63.2 Å². The Hall–Kier alpha value is -2.81. The van der Waals surface area contributed by atoms with E-state index in [1.807, 2.05) is 6.92 Å². The fourth-order valence-electron chi connectivity index (χ4n) is 3.75. The van der Waals surface area contributed by atoms with Crippen molar-refractivity contribution >= 4 is 58.3 Å². The molecule has 2 aromatic rings. The van der Waals surface area contributed by atoms with Gasteiger partial charge in [0.05, 0.1) is 23.4 Å². The first-order chi connectivity index (χ1) is 16.9. The number of ether oxygens (including phenoxy) is 3. The van der Waals surface area contributed by atoms with Crippen molar-refractivity contribution in [2.45, 2.75) is 44.3 Å². The molecule has 0 unspecified atom stereocenters. The smallest absolute Gasteiger partial charge is 0.341 e. The number of nitrogens with one attached hydrogen (secondary N) is 1. The van der Waals surface area contributed by atoms with Gasteiger partial charge in [0.25, 0.3) is 5.91 Å². The Morgan fingerprint density at radius 1 is 1.25 bits per heavy atom. The number of alkyl halides is 3. The summed E-state index contributed by atoms with van der Waals surface area (Å²) in [6.45, 7) is 3.54. The van der Waals surface area contributed by atoms with E-state index in [-0.39, 0.29) is 36.4 Å². The van der Waals surface area contributed by atoms with Gasteiger partial charge in [-0.2, -0.15) is 4.39 Å². The molecular formula is C25H23Cl3FNO6. The van der Waals surface area contributed by atoms with Crippen LogP contribution in [0.4, 0.5) is 10.1 Å². The summed E-state index contributed by atoms with van der Waals surface area (Å²) in [5, 5.41) is 2.65. The molecular weight excluding hydrogens is 536 g/mol. The first-order valence-electron chi connectivity index (χ1n) is 10.8. The van der Waals surface area contributed by atoms with E-state index in [9.17, 15) is 18.8 Å². The minimum absolute atomic E-state index is 0.00505. The molecule has 0 saturated carbocycles. The number of cyclic esters (lactones) is 1. The fourth-order valence-corrected chi connectivity index (χ4v) is 4.02. The average Bonchev–Trinajstić information content (AvgIpc) is 3.20. The fraction of sp³-hybridized carbons (Fsp3) is 0.320. The van der Waals surface area contributed by atoms with Crippen LogP contribution in [0.25, 0.3) is 0 Å². The first kappa shape index (κ1) is 27.8. The van der Waals surface area contributed by atoms with E-state index < -0.39 is 22.4 Å². The van der Waals surface area contributed by atoms with Crippen molar-refractivity contribution in [3.63, 3.8) is 0 Å². The van der Waals surface area contributed by atoms with Crippen LogP contribution in [0.3, 0.4) is 0 Å². The number of fused-ring (bicyclic) bond motifs is 1. The maximum absolute atomic E-state index is 13.9. The molecule has 0 atom stereocenters. The monoisotopic (exact) mass is 557 g/mol. The van der Waals surface area contributed by atoms with E-state index in [1.165, 1.54) is 7.11 Å². The summed E-state index contributed by atoms with van der Waals surface area (Å²) in [5.74, 6) is -1.83. The average molecular weight is 559 g/mol. The summed E-state index contributed by atoms with van der Waals surface area (Å²) in [5.41, 5.74) is 2.46. The summed E-state index contributed by atoms with van der Waals surface area (Å²) >= 11 is 16.7. The molecule has 11 heteroatoms. The summed E-state index contributed by atoms with van der Waals surface area (Å²) in [7, 11) is 1.44. The predicted molar refractivity (Wildman–Crippen MR) is 135 cm³/mol. The van der Waals surface area contributed by atoms with E-state index in [4.69, 9.17) is 49.0 Å². The third-order valence-electron chi connectivity index (χ3n) is 5.61. The molecule has 0 spiro atoms. The second-order valence-corrected chi connectivity index (χ2v) is 9.69. The number of para-hydroxylation sites is 1. The number of methoxy groups -OCH3 is 1. The summed E-state index contributed by atoms with van der Waals surface area (Å²) in [6, 6.07) is 6.65. The lowest BCUT2D eigenvalue weighted by atomic mass is 9.93. The van der Waals surface area contributed by atoms with E-state index in [1.54, 1.807) is 37.3 Å². The molecule has 0 radical (unpaired) electrons. The lowest BCUT2D eigenvalue weighted by Crippen LogP contribution is -2.29. The number of rotatable bonds is 9. The van der Waals surface area contributed by atoms with Crippen LogP contribution in [0, 0.1) is 6.92 Å². The Kier molecular flexibility index (Phi) is 8.87. The van der Waals surface area contributed by atoms with Gasteiger partial charge in [0.1, 0.15) is 18.1 Å². The Bertz CT molecular complexity index is 1240. The minimum atomic E-state index is -3.22.